The lowest BCUT2D eigenvalue weighted by atomic mass is 9.99. The summed E-state index contributed by atoms with van der Waals surface area (Å²) in [4.78, 5) is 0. The molecule has 19 heavy (non-hydrogen) atoms. The number of hydrogen-bond acceptors (Lipinski definition) is 2. The molecule has 2 rings (SSSR count). The molecule has 0 spiro atoms. The van der Waals surface area contributed by atoms with Crippen LogP contribution in [-0.2, 0) is 6.42 Å². The van der Waals surface area contributed by atoms with Crippen LogP contribution >= 0.6 is 15.9 Å². The second-order valence-electron chi connectivity index (χ2n) is 4.41. The first-order valence-electron chi connectivity index (χ1n) is 6.15. The molecule has 0 saturated heterocycles. The van der Waals surface area contributed by atoms with Gasteiger partial charge in [0.15, 0.2) is 0 Å². The first kappa shape index (κ1) is 14.2. The predicted molar refractivity (Wildman–Crippen MR) is 78.9 cm³/mol. The van der Waals surface area contributed by atoms with E-state index >= 15 is 0 Å². The van der Waals surface area contributed by atoms with Crippen LogP contribution < -0.4 is 11.3 Å². The standard InChI is InChI=1S/C15H16BrFN2/c16-12-7-8-13(14(17)10-12)15(19-18)9-6-11-4-2-1-3-5-11/h1-5,7-8,10,15,19H,6,9,18H2. The Morgan fingerprint density at radius 1 is 1.16 bits per heavy atom. The van der Waals surface area contributed by atoms with Crippen molar-refractivity contribution < 1.29 is 4.39 Å². The lowest BCUT2D eigenvalue weighted by molar-refractivity contribution is 0.485. The molecule has 0 bridgehead atoms. The molecule has 0 amide bonds. The first-order valence-corrected chi connectivity index (χ1v) is 6.95. The molecular formula is C15H16BrFN2. The van der Waals surface area contributed by atoms with E-state index in [0.717, 1.165) is 17.3 Å². The van der Waals surface area contributed by atoms with Crippen LogP contribution in [0.2, 0.25) is 0 Å². The number of nitrogens with two attached hydrogens (primary N) is 1. The molecule has 2 aromatic rings. The van der Waals surface area contributed by atoms with Gasteiger partial charge in [0.05, 0.1) is 0 Å². The van der Waals surface area contributed by atoms with Gasteiger partial charge < -0.3 is 0 Å². The molecule has 4 heteroatoms. The third-order valence-corrected chi connectivity index (χ3v) is 3.60. The highest BCUT2D eigenvalue weighted by atomic mass is 79.9. The number of aryl methyl sites for hydroxylation is 1. The van der Waals surface area contributed by atoms with Crippen molar-refractivity contribution in [3.05, 3.63) is 69.9 Å². The number of hydrogen-bond donors (Lipinski definition) is 2. The van der Waals surface area contributed by atoms with Crippen molar-refractivity contribution in [3.63, 3.8) is 0 Å². The molecule has 3 N–H and O–H groups in total. The summed E-state index contributed by atoms with van der Waals surface area (Å²) in [5.41, 5.74) is 4.51. The normalized spacial score (nSPS) is 12.4. The van der Waals surface area contributed by atoms with Gasteiger partial charge in [-0.05, 0) is 30.5 Å². The van der Waals surface area contributed by atoms with Crippen molar-refractivity contribution in [2.75, 3.05) is 0 Å². The molecule has 0 aliphatic carbocycles. The fourth-order valence-corrected chi connectivity index (χ4v) is 2.40. The van der Waals surface area contributed by atoms with Gasteiger partial charge in [-0.2, -0.15) is 0 Å². The van der Waals surface area contributed by atoms with Gasteiger partial charge in [0.25, 0.3) is 0 Å². The van der Waals surface area contributed by atoms with Crippen LogP contribution in [0.4, 0.5) is 4.39 Å². The van der Waals surface area contributed by atoms with E-state index < -0.39 is 0 Å². The quantitative estimate of drug-likeness (QED) is 0.650. The molecule has 0 radical (unpaired) electrons. The van der Waals surface area contributed by atoms with Crippen LogP contribution in [-0.4, -0.2) is 0 Å². The van der Waals surface area contributed by atoms with Gasteiger partial charge in [0.2, 0.25) is 0 Å². The third kappa shape index (κ3) is 3.86. The lowest BCUT2D eigenvalue weighted by Gasteiger charge is -2.17. The predicted octanol–water partition coefficient (Wildman–Crippen LogP) is 3.73. The Kier molecular flexibility index (Phi) is 5.07. The number of nitrogens with one attached hydrogen (secondary N) is 1. The first-order chi connectivity index (χ1) is 9.20. The Morgan fingerprint density at radius 3 is 2.53 bits per heavy atom. The maximum Gasteiger partial charge on any atom is 0.129 e. The van der Waals surface area contributed by atoms with Crippen molar-refractivity contribution >= 4 is 15.9 Å². The zero-order valence-electron chi connectivity index (χ0n) is 10.4. The highest BCUT2D eigenvalue weighted by Crippen LogP contribution is 2.24. The van der Waals surface area contributed by atoms with Gasteiger partial charge in [-0.1, -0.05) is 52.3 Å². The fraction of sp³-hybridized carbons (Fsp3) is 0.200. The number of rotatable bonds is 5. The zero-order valence-corrected chi connectivity index (χ0v) is 12.0. The van der Waals surface area contributed by atoms with Crippen LogP contribution in [0, 0.1) is 5.82 Å². The molecule has 100 valence electrons. The lowest BCUT2D eigenvalue weighted by Crippen LogP contribution is -2.29. The molecule has 0 aliphatic rings. The number of benzene rings is 2. The van der Waals surface area contributed by atoms with Crippen molar-refractivity contribution in [3.8, 4) is 0 Å². The average molecular weight is 323 g/mol. The Bertz CT molecular complexity index is 531. The van der Waals surface area contributed by atoms with Crippen LogP contribution in [0.15, 0.2) is 53.0 Å². The van der Waals surface area contributed by atoms with E-state index in [-0.39, 0.29) is 11.9 Å². The molecular weight excluding hydrogens is 307 g/mol. The van der Waals surface area contributed by atoms with Gasteiger partial charge in [0.1, 0.15) is 5.82 Å². The van der Waals surface area contributed by atoms with Crippen molar-refractivity contribution in [1.82, 2.24) is 5.43 Å². The highest BCUT2D eigenvalue weighted by Gasteiger charge is 2.14. The maximum atomic E-state index is 13.9. The Labute approximate surface area is 120 Å². The number of halogens is 2. The Morgan fingerprint density at radius 2 is 1.89 bits per heavy atom. The van der Waals surface area contributed by atoms with Gasteiger partial charge in [0, 0.05) is 16.1 Å². The van der Waals surface area contributed by atoms with E-state index in [1.807, 2.05) is 24.3 Å². The summed E-state index contributed by atoms with van der Waals surface area (Å²) in [6.45, 7) is 0. The second kappa shape index (κ2) is 6.80. The third-order valence-electron chi connectivity index (χ3n) is 3.10. The molecule has 0 saturated carbocycles. The van der Waals surface area contributed by atoms with Gasteiger partial charge in [-0.25, -0.2) is 4.39 Å². The summed E-state index contributed by atoms with van der Waals surface area (Å²) >= 11 is 3.25. The van der Waals surface area contributed by atoms with Crippen LogP contribution in [0.1, 0.15) is 23.6 Å². The minimum absolute atomic E-state index is 0.187. The molecule has 1 atom stereocenters. The van der Waals surface area contributed by atoms with E-state index in [0.29, 0.717) is 5.56 Å². The fourth-order valence-electron chi connectivity index (χ4n) is 2.07. The van der Waals surface area contributed by atoms with Gasteiger partial charge in [-0.3, -0.25) is 11.3 Å². The van der Waals surface area contributed by atoms with Gasteiger partial charge >= 0.3 is 0 Å². The van der Waals surface area contributed by atoms with E-state index in [2.05, 4.69) is 33.5 Å². The second-order valence-corrected chi connectivity index (χ2v) is 5.33. The topological polar surface area (TPSA) is 38.0 Å². The summed E-state index contributed by atoms with van der Waals surface area (Å²) in [7, 11) is 0. The summed E-state index contributed by atoms with van der Waals surface area (Å²) in [5, 5.41) is 0. The largest absolute Gasteiger partial charge is 0.271 e. The van der Waals surface area contributed by atoms with E-state index in [1.165, 1.54) is 11.6 Å². The molecule has 2 nitrogen and oxygen atoms in total. The Balaban J connectivity index is 2.08. The molecule has 0 aliphatic heterocycles. The molecule has 1 unspecified atom stereocenters. The summed E-state index contributed by atoms with van der Waals surface area (Å²) in [6, 6.07) is 15.0. The van der Waals surface area contributed by atoms with Crippen molar-refractivity contribution in [2.45, 2.75) is 18.9 Å². The molecule has 0 heterocycles. The monoisotopic (exact) mass is 322 g/mol. The minimum Gasteiger partial charge on any atom is -0.271 e. The van der Waals surface area contributed by atoms with Crippen molar-refractivity contribution in [2.24, 2.45) is 5.84 Å². The van der Waals surface area contributed by atoms with E-state index in [4.69, 9.17) is 5.84 Å². The highest BCUT2D eigenvalue weighted by molar-refractivity contribution is 9.10. The van der Waals surface area contributed by atoms with E-state index in [1.54, 1.807) is 6.07 Å². The van der Waals surface area contributed by atoms with Crippen LogP contribution in [0.3, 0.4) is 0 Å². The summed E-state index contributed by atoms with van der Waals surface area (Å²) in [5.74, 6) is 5.30. The summed E-state index contributed by atoms with van der Waals surface area (Å²) < 4.78 is 14.6. The van der Waals surface area contributed by atoms with Crippen molar-refractivity contribution in [1.29, 1.82) is 0 Å². The average Bonchev–Trinajstić information content (AvgIpc) is 2.42. The van der Waals surface area contributed by atoms with Crippen LogP contribution in [0.25, 0.3) is 0 Å². The summed E-state index contributed by atoms with van der Waals surface area (Å²) in [6.07, 6.45) is 1.60. The van der Waals surface area contributed by atoms with Crippen LogP contribution in [0.5, 0.6) is 0 Å². The number of hydrazine groups is 1. The van der Waals surface area contributed by atoms with E-state index in [9.17, 15) is 4.39 Å². The zero-order chi connectivity index (χ0) is 13.7. The molecule has 0 fully saturated rings. The SMILES string of the molecule is NNC(CCc1ccccc1)c1ccc(Br)cc1F. The van der Waals surface area contributed by atoms with Gasteiger partial charge in [-0.15, -0.1) is 0 Å². The minimum atomic E-state index is -0.245. The molecule has 0 aromatic heterocycles. The maximum absolute atomic E-state index is 13.9. The smallest absolute Gasteiger partial charge is 0.129 e. The Hall–Kier alpha value is -1.23. The molecule has 2 aromatic carbocycles.